The van der Waals surface area contributed by atoms with E-state index in [0.29, 0.717) is 0 Å². The topological polar surface area (TPSA) is 12.5 Å². The minimum Gasteiger partial charge on any atom is -0.490 e. The normalized spacial score (nSPS) is 14.1. The van der Waals surface area contributed by atoms with Crippen LogP contribution in [-0.2, 0) is 0 Å². The second-order valence-electron chi connectivity index (χ2n) is 3.92. The molecular formula is C14H12BrNO. The van der Waals surface area contributed by atoms with Crippen LogP contribution in [0.4, 0.5) is 11.4 Å². The third kappa shape index (κ3) is 1.91. The van der Waals surface area contributed by atoms with Crippen molar-refractivity contribution in [1.82, 2.24) is 0 Å². The van der Waals surface area contributed by atoms with Gasteiger partial charge in [-0.2, -0.15) is 0 Å². The molecule has 0 spiro atoms. The number of para-hydroxylation sites is 3. The Kier molecular flexibility index (Phi) is 2.77. The Morgan fingerprint density at radius 2 is 1.65 bits per heavy atom. The van der Waals surface area contributed by atoms with E-state index in [2.05, 4.69) is 45.1 Å². The zero-order chi connectivity index (χ0) is 11.7. The van der Waals surface area contributed by atoms with Gasteiger partial charge in [-0.3, -0.25) is 0 Å². The van der Waals surface area contributed by atoms with E-state index in [0.717, 1.165) is 29.1 Å². The Balaban J connectivity index is 2.09. The highest BCUT2D eigenvalue weighted by molar-refractivity contribution is 9.10. The highest BCUT2D eigenvalue weighted by atomic mass is 79.9. The van der Waals surface area contributed by atoms with Gasteiger partial charge in [-0.05, 0) is 40.2 Å². The summed E-state index contributed by atoms with van der Waals surface area (Å²) in [7, 11) is 0. The maximum absolute atomic E-state index is 5.66. The molecule has 1 aliphatic heterocycles. The predicted molar refractivity (Wildman–Crippen MR) is 73.1 cm³/mol. The van der Waals surface area contributed by atoms with Gasteiger partial charge in [0.2, 0.25) is 0 Å². The summed E-state index contributed by atoms with van der Waals surface area (Å²) in [6.45, 7) is 1.60. The fourth-order valence-electron chi connectivity index (χ4n) is 2.09. The van der Waals surface area contributed by atoms with Crippen LogP contribution in [-0.4, -0.2) is 13.2 Å². The van der Waals surface area contributed by atoms with E-state index in [1.165, 1.54) is 5.69 Å². The van der Waals surface area contributed by atoms with Crippen molar-refractivity contribution in [3.8, 4) is 5.75 Å². The van der Waals surface area contributed by atoms with Gasteiger partial charge in [0.1, 0.15) is 12.4 Å². The van der Waals surface area contributed by atoms with Crippen LogP contribution in [0.3, 0.4) is 0 Å². The summed E-state index contributed by atoms with van der Waals surface area (Å²) in [6.07, 6.45) is 0. The van der Waals surface area contributed by atoms with Crippen molar-refractivity contribution in [2.75, 3.05) is 18.1 Å². The zero-order valence-electron chi connectivity index (χ0n) is 9.27. The third-order valence-electron chi connectivity index (χ3n) is 2.87. The van der Waals surface area contributed by atoms with E-state index in [1.54, 1.807) is 0 Å². The minimum atomic E-state index is 0.721. The van der Waals surface area contributed by atoms with Gasteiger partial charge in [-0.1, -0.05) is 24.3 Å². The van der Waals surface area contributed by atoms with Crippen LogP contribution >= 0.6 is 15.9 Å². The summed E-state index contributed by atoms with van der Waals surface area (Å²) in [5, 5.41) is 0. The fourth-order valence-corrected chi connectivity index (χ4v) is 2.59. The van der Waals surface area contributed by atoms with Gasteiger partial charge in [0.15, 0.2) is 0 Å². The van der Waals surface area contributed by atoms with Crippen LogP contribution in [0.1, 0.15) is 0 Å². The number of anilines is 2. The van der Waals surface area contributed by atoms with Crippen molar-refractivity contribution < 1.29 is 4.74 Å². The molecule has 2 aromatic carbocycles. The Hall–Kier alpha value is -1.48. The predicted octanol–water partition coefficient (Wildman–Crippen LogP) is 3.98. The Labute approximate surface area is 109 Å². The first kappa shape index (κ1) is 10.7. The number of rotatable bonds is 1. The molecule has 0 aliphatic carbocycles. The summed E-state index contributed by atoms with van der Waals surface area (Å²) < 4.78 is 6.77. The number of nitrogens with zero attached hydrogens (tertiary/aromatic N) is 1. The van der Waals surface area contributed by atoms with Crippen LogP contribution in [0.5, 0.6) is 5.75 Å². The van der Waals surface area contributed by atoms with E-state index in [1.807, 2.05) is 24.3 Å². The standard InChI is InChI=1S/C14H12BrNO/c15-11-5-1-2-6-12(11)16-9-10-17-14-8-4-3-7-13(14)16/h1-8H,9-10H2. The molecule has 0 saturated carbocycles. The number of ether oxygens (including phenoxy) is 1. The van der Waals surface area contributed by atoms with E-state index in [9.17, 15) is 0 Å². The first-order valence-electron chi connectivity index (χ1n) is 5.60. The van der Waals surface area contributed by atoms with Crippen molar-refractivity contribution in [1.29, 1.82) is 0 Å². The molecule has 2 aromatic rings. The SMILES string of the molecule is Brc1ccccc1N1CCOc2ccccc21. The average Bonchev–Trinajstić information content (AvgIpc) is 2.39. The molecule has 86 valence electrons. The first-order chi connectivity index (χ1) is 8.36. The largest absolute Gasteiger partial charge is 0.490 e. The lowest BCUT2D eigenvalue weighted by atomic mass is 10.2. The Morgan fingerprint density at radius 3 is 2.47 bits per heavy atom. The van der Waals surface area contributed by atoms with Crippen LogP contribution in [0.25, 0.3) is 0 Å². The summed E-state index contributed by atoms with van der Waals surface area (Å²) >= 11 is 3.60. The number of hydrogen-bond donors (Lipinski definition) is 0. The molecule has 0 unspecified atom stereocenters. The van der Waals surface area contributed by atoms with Gasteiger partial charge in [0.25, 0.3) is 0 Å². The van der Waals surface area contributed by atoms with E-state index < -0.39 is 0 Å². The zero-order valence-corrected chi connectivity index (χ0v) is 10.9. The summed E-state index contributed by atoms with van der Waals surface area (Å²) in [5.74, 6) is 0.953. The molecule has 0 radical (unpaired) electrons. The molecule has 17 heavy (non-hydrogen) atoms. The van der Waals surface area contributed by atoms with Crippen LogP contribution in [0, 0.1) is 0 Å². The Morgan fingerprint density at radius 1 is 0.941 bits per heavy atom. The molecule has 0 atom stereocenters. The second kappa shape index (κ2) is 4.41. The number of hydrogen-bond acceptors (Lipinski definition) is 2. The van der Waals surface area contributed by atoms with Gasteiger partial charge in [0.05, 0.1) is 17.9 Å². The van der Waals surface area contributed by atoms with Crippen molar-refractivity contribution in [3.05, 3.63) is 53.0 Å². The molecular weight excluding hydrogens is 278 g/mol. The first-order valence-corrected chi connectivity index (χ1v) is 6.39. The minimum absolute atomic E-state index is 0.721. The fraction of sp³-hybridized carbons (Fsp3) is 0.143. The number of benzene rings is 2. The van der Waals surface area contributed by atoms with Gasteiger partial charge >= 0.3 is 0 Å². The molecule has 0 bridgehead atoms. The van der Waals surface area contributed by atoms with Gasteiger partial charge in [0, 0.05) is 4.47 Å². The molecule has 0 amide bonds. The maximum atomic E-state index is 5.66. The molecule has 3 heteroatoms. The molecule has 0 saturated heterocycles. The molecule has 1 heterocycles. The summed E-state index contributed by atoms with van der Waals surface area (Å²) in [6, 6.07) is 16.4. The average molecular weight is 290 g/mol. The molecule has 1 aliphatic rings. The van der Waals surface area contributed by atoms with Gasteiger partial charge in [-0.25, -0.2) is 0 Å². The number of halogens is 1. The second-order valence-corrected chi connectivity index (χ2v) is 4.77. The lowest BCUT2D eigenvalue weighted by Gasteiger charge is -2.31. The lowest BCUT2D eigenvalue weighted by molar-refractivity contribution is 0.314. The highest BCUT2D eigenvalue weighted by Crippen LogP contribution is 2.38. The Bertz CT molecular complexity index is 541. The van der Waals surface area contributed by atoms with Crippen molar-refractivity contribution >= 4 is 27.3 Å². The van der Waals surface area contributed by atoms with Crippen molar-refractivity contribution in [2.24, 2.45) is 0 Å². The number of fused-ring (bicyclic) bond motifs is 1. The van der Waals surface area contributed by atoms with Crippen LogP contribution in [0.2, 0.25) is 0 Å². The quantitative estimate of drug-likeness (QED) is 0.787. The molecule has 2 nitrogen and oxygen atoms in total. The third-order valence-corrected chi connectivity index (χ3v) is 3.54. The van der Waals surface area contributed by atoms with E-state index in [-0.39, 0.29) is 0 Å². The van der Waals surface area contributed by atoms with E-state index >= 15 is 0 Å². The van der Waals surface area contributed by atoms with Crippen molar-refractivity contribution in [2.45, 2.75) is 0 Å². The van der Waals surface area contributed by atoms with Crippen molar-refractivity contribution in [3.63, 3.8) is 0 Å². The molecule has 0 fully saturated rings. The van der Waals surface area contributed by atoms with Crippen LogP contribution < -0.4 is 9.64 Å². The van der Waals surface area contributed by atoms with E-state index in [4.69, 9.17) is 4.74 Å². The maximum Gasteiger partial charge on any atom is 0.143 e. The molecule has 0 aromatic heterocycles. The smallest absolute Gasteiger partial charge is 0.143 e. The molecule has 3 rings (SSSR count). The molecule has 0 N–H and O–H groups in total. The lowest BCUT2D eigenvalue weighted by Crippen LogP contribution is -2.28. The summed E-state index contributed by atoms with van der Waals surface area (Å²) in [4.78, 5) is 2.28. The highest BCUT2D eigenvalue weighted by Gasteiger charge is 2.19. The van der Waals surface area contributed by atoms with Crippen LogP contribution in [0.15, 0.2) is 53.0 Å². The summed E-state index contributed by atoms with van der Waals surface area (Å²) in [5.41, 5.74) is 2.31. The van der Waals surface area contributed by atoms with Gasteiger partial charge in [-0.15, -0.1) is 0 Å². The monoisotopic (exact) mass is 289 g/mol. The van der Waals surface area contributed by atoms with Gasteiger partial charge < -0.3 is 9.64 Å².